The van der Waals surface area contributed by atoms with Crippen LogP contribution in [0.3, 0.4) is 0 Å². The monoisotopic (exact) mass is 257 g/mol. The lowest BCUT2D eigenvalue weighted by molar-refractivity contribution is -0.00507. The van der Waals surface area contributed by atoms with Crippen molar-refractivity contribution >= 4 is 10.1 Å². The maximum Gasteiger partial charge on any atom is 0.273 e. The summed E-state index contributed by atoms with van der Waals surface area (Å²) in [4.78, 5) is 0. The first-order valence-electron chi connectivity index (χ1n) is 4.74. The Labute approximate surface area is 94.6 Å². The van der Waals surface area contributed by atoms with Crippen molar-refractivity contribution in [2.75, 3.05) is 26.4 Å². The second-order valence-corrected chi connectivity index (χ2v) is 5.85. The zero-order valence-corrected chi connectivity index (χ0v) is 9.94. The maximum absolute atomic E-state index is 11.3. The Hall–Kier alpha value is -0.250. The number of hydrogen-bond donors (Lipinski definition) is 5. The Bertz CT molecular complexity index is 312. The molecule has 7 nitrogen and oxygen atoms in total. The van der Waals surface area contributed by atoms with Gasteiger partial charge in [-0.15, -0.1) is 0 Å². The van der Waals surface area contributed by atoms with Crippen LogP contribution in [0.5, 0.6) is 0 Å². The Kier molecular flexibility index (Phi) is 5.30. The molecule has 98 valence electrons. The highest BCUT2D eigenvalue weighted by Crippen LogP contribution is 2.39. The van der Waals surface area contributed by atoms with E-state index in [2.05, 4.69) is 0 Å². The van der Waals surface area contributed by atoms with E-state index in [1.807, 2.05) is 0 Å². The topological polar surface area (TPSA) is 141 Å². The Morgan fingerprint density at radius 3 is 1.75 bits per heavy atom. The molecule has 0 bridgehead atoms. The van der Waals surface area contributed by atoms with Gasteiger partial charge in [-0.3, -0.25) is 4.55 Å². The summed E-state index contributed by atoms with van der Waals surface area (Å²) in [7, 11) is -4.64. The summed E-state index contributed by atoms with van der Waals surface area (Å²) in [5, 5.41) is 27.6. The van der Waals surface area contributed by atoms with Crippen molar-refractivity contribution in [3.8, 4) is 0 Å². The van der Waals surface area contributed by atoms with E-state index in [-0.39, 0.29) is 13.0 Å². The average molecular weight is 257 g/mol. The summed E-state index contributed by atoms with van der Waals surface area (Å²) in [6.45, 7) is -1.28. The van der Waals surface area contributed by atoms with Gasteiger partial charge < -0.3 is 21.1 Å². The van der Waals surface area contributed by atoms with Gasteiger partial charge in [0, 0.05) is 5.41 Å². The van der Waals surface area contributed by atoms with E-state index in [9.17, 15) is 18.6 Å². The molecule has 6 N–H and O–H groups in total. The van der Waals surface area contributed by atoms with Gasteiger partial charge in [-0.25, -0.2) is 0 Å². The molecule has 16 heavy (non-hydrogen) atoms. The van der Waals surface area contributed by atoms with E-state index in [1.54, 1.807) is 0 Å². The van der Waals surface area contributed by atoms with E-state index in [0.29, 0.717) is 0 Å². The lowest BCUT2D eigenvalue weighted by Gasteiger charge is -2.43. The molecule has 0 aliphatic heterocycles. The Morgan fingerprint density at radius 1 is 1.12 bits per heavy atom. The fourth-order valence-corrected chi connectivity index (χ4v) is 2.55. The first kappa shape index (κ1) is 15.8. The van der Waals surface area contributed by atoms with Crippen molar-refractivity contribution in [2.24, 2.45) is 11.1 Å². The predicted molar refractivity (Wildman–Crippen MR) is 57.3 cm³/mol. The minimum absolute atomic E-state index is 0.00618. The van der Waals surface area contributed by atoms with Crippen LogP contribution in [0.1, 0.15) is 13.3 Å². The maximum atomic E-state index is 11.3. The van der Waals surface area contributed by atoms with Crippen LogP contribution in [0.2, 0.25) is 0 Å². The van der Waals surface area contributed by atoms with Gasteiger partial charge in [0.1, 0.15) is 4.75 Å². The molecule has 0 aromatic heterocycles. The standard InChI is InChI=1S/C8H19NO6S/c1-7(4-10,16(13,14)15)8(5-11,6-12)2-3-9/h10-12H,2-6,9H2,1H3,(H,13,14,15). The fourth-order valence-electron chi connectivity index (χ4n) is 1.61. The molecule has 0 saturated heterocycles. The van der Waals surface area contributed by atoms with Crippen LogP contribution in [-0.2, 0) is 10.1 Å². The van der Waals surface area contributed by atoms with Crippen molar-refractivity contribution in [3.05, 3.63) is 0 Å². The molecule has 0 saturated carbocycles. The second-order valence-electron chi connectivity index (χ2n) is 4.00. The van der Waals surface area contributed by atoms with Gasteiger partial charge in [-0.1, -0.05) is 0 Å². The van der Waals surface area contributed by atoms with Gasteiger partial charge in [0.25, 0.3) is 10.1 Å². The molecule has 1 atom stereocenters. The molecular weight excluding hydrogens is 238 g/mol. The third kappa shape index (κ3) is 2.36. The molecule has 0 aromatic rings. The summed E-state index contributed by atoms with van der Waals surface area (Å²) in [5.74, 6) is 0. The van der Waals surface area contributed by atoms with Crippen LogP contribution in [0.4, 0.5) is 0 Å². The second kappa shape index (κ2) is 5.39. The van der Waals surface area contributed by atoms with E-state index in [0.717, 1.165) is 6.92 Å². The van der Waals surface area contributed by atoms with Crippen LogP contribution in [-0.4, -0.2) is 59.4 Å². The van der Waals surface area contributed by atoms with Gasteiger partial charge in [-0.05, 0) is 19.9 Å². The van der Waals surface area contributed by atoms with Crippen LogP contribution in [0.15, 0.2) is 0 Å². The van der Waals surface area contributed by atoms with E-state index < -0.39 is 40.1 Å². The largest absolute Gasteiger partial charge is 0.396 e. The SMILES string of the molecule is CC(CO)(C(CO)(CO)CCN)S(=O)(=O)O. The van der Waals surface area contributed by atoms with Gasteiger partial charge in [0.2, 0.25) is 0 Å². The number of rotatable bonds is 7. The fraction of sp³-hybridized carbons (Fsp3) is 1.00. The number of nitrogens with two attached hydrogens (primary N) is 1. The molecule has 0 aliphatic carbocycles. The molecule has 0 amide bonds. The first-order valence-corrected chi connectivity index (χ1v) is 6.18. The minimum Gasteiger partial charge on any atom is -0.396 e. The summed E-state index contributed by atoms with van der Waals surface area (Å²) in [5.41, 5.74) is 3.70. The lowest BCUT2D eigenvalue weighted by Crippen LogP contribution is -2.58. The Morgan fingerprint density at radius 2 is 1.56 bits per heavy atom. The van der Waals surface area contributed by atoms with Crippen LogP contribution in [0.25, 0.3) is 0 Å². The van der Waals surface area contributed by atoms with Gasteiger partial charge >= 0.3 is 0 Å². The first-order chi connectivity index (χ1) is 7.24. The molecular formula is C8H19NO6S. The third-order valence-corrected chi connectivity index (χ3v) is 4.92. The van der Waals surface area contributed by atoms with Gasteiger partial charge in [0.15, 0.2) is 0 Å². The molecule has 0 heterocycles. The molecule has 1 unspecified atom stereocenters. The lowest BCUT2D eigenvalue weighted by atomic mass is 9.74. The van der Waals surface area contributed by atoms with E-state index in [4.69, 9.17) is 15.4 Å². The molecule has 0 aromatic carbocycles. The van der Waals surface area contributed by atoms with Crippen molar-refractivity contribution in [3.63, 3.8) is 0 Å². The summed E-state index contributed by atoms with van der Waals surface area (Å²) < 4.78 is 29.6. The number of aliphatic hydroxyl groups excluding tert-OH is 3. The predicted octanol–water partition coefficient (Wildman–Crippen LogP) is -2.05. The minimum atomic E-state index is -4.64. The highest BCUT2D eigenvalue weighted by molar-refractivity contribution is 7.87. The number of aliphatic hydroxyl groups is 3. The van der Waals surface area contributed by atoms with Crippen molar-refractivity contribution in [1.82, 2.24) is 0 Å². The molecule has 0 aliphatic rings. The van der Waals surface area contributed by atoms with E-state index in [1.165, 1.54) is 0 Å². The zero-order chi connectivity index (χ0) is 13.0. The average Bonchev–Trinajstić information content (AvgIpc) is 2.23. The highest BCUT2D eigenvalue weighted by Gasteiger charge is 2.55. The van der Waals surface area contributed by atoms with Crippen molar-refractivity contribution in [2.45, 2.75) is 18.1 Å². The normalized spacial score (nSPS) is 17.1. The smallest absolute Gasteiger partial charge is 0.273 e. The summed E-state index contributed by atoms with van der Waals surface area (Å²) in [6.07, 6.45) is -0.0448. The summed E-state index contributed by atoms with van der Waals surface area (Å²) in [6, 6.07) is 0. The molecule has 0 radical (unpaired) electrons. The quantitative estimate of drug-likeness (QED) is 0.330. The zero-order valence-electron chi connectivity index (χ0n) is 9.13. The van der Waals surface area contributed by atoms with Crippen LogP contribution < -0.4 is 5.73 Å². The molecule has 0 rings (SSSR count). The summed E-state index contributed by atoms with van der Waals surface area (Å²) >= 11 is 0. The highest BCUT2D eigenvalue weighted by atomic mass is 32.2. The van der Waals surface area contributed by atoms with Crippen molar-refractivity contribution in [1.29, 1.82) is 0 Å². The number of hydrogen-bond acceptors (Lipinski definition) is 6. The van der Waals surface area contributed by atoms with E-state index >= 15 is 0 Å². The van der Waals surface area contributed by atoms with Crippen LogP contribution >= 0.6 is 0 Å². The molecule has 0 fully saturated rings. The van der Waals surface area contributed by atoms with Gasteiger partial charge in [-0.2, -0.15) is 8.42 Å². The van der Waals surface area contributed by atoms with Gasteiger partial charge in [0.05, 0.1) is 19.8 Å². The molecule has 8 heteroatoms. The van der Waals surface area contributed by atoms with Crippen molar-refractivity contribution < 1.29 is 28.3 Å². The molecule has 0 spiro atoms. The third-order valence-electron chi connectivity index (χ3n) is 3.22. The Balaban J connectivity index is 5.63. The van der Waals surface area contributed by atoms with Crippen LogP contribution in [0, 0.1) is 5.41 Å².